The van der Waals surface area contributed by atoms with Gasteiger partial charge in [-0.2, -0.15) is 0 Å². The highest BCUT2D eigenvalue weighted by molar-refractivity contribution is 5.84. The Morgan fingerprint density at radius 2 is 1.06 bits per heavy atom. The number of hydrogen-bond donors (Lipinski definition) is 1. The van der Waals surface area contributed by atoms with E-state index in [9.17, 15) is 34.1 Å². The molecule has 54 heavy (non-hydrogen) atoms. The van der Waals surface area contributed by atoms with Crippen LogP contribution in [0, 0.1) is 10.1 Å². The number of esters is 4. The predicted molar refractivity (Wildman–Crippen MR) is 199 cm³/mol. The third kappa shape index (κ3) is 17.6. The third-order valence-electron chi connectivity index (χ3n) is 7.26. The second-order valence-electron chi connectivity index (χ2n) is 17.4. The summed E-state index contributed by atoms with van der Waals surface area (Å²) in [6.07, 6.45) is -0.945. The molecule has 304 valence electrons. The van der Waals surface area contributed by atoms with Gasteiger partial charge in [0.2, 0.25) is 0 Å². The molecule has 1 aromatic carbocycles. The molecule has 1 fully saturated rings. The number of hydrogen-bond acceptors (Lipinski definition) is 15. The van der Waals surface area contributed by atoms with E-state index in [0.717, 1.165) is 0 Å². The van der Waals surface area contributed by atoms with Crippen molar-refractivity contribution in [1.82, 2.24) is 14.7 Å². The predicted octanol–water partition coefficient (Wildman–Crippen LogP) is 4.17. The zero-order chi connectivity index (χ0) is 41.3. The summed E-state index contributed by atoms with van der Waals surface area (Å²) in [5, 5.41) is 13.7. The van der Waals surface area contributed by atoms with Crippen molar-refractivity contribution in [1.29, 1.82) is 0 Å². The molecule has 0 saturated carbocycles. The molecule has 0 spiro atoms. The average molecular weight is 766 g/mol. The van der Waals surface area contributed by atoms with Crippen LogP contribution in [0.5, 0.6) is 0 Å². The third-order valence-corrected chi connectivity index (χ3v) is 7.26. The molecule has 17 heteroatoms. The van der Waals surface area contributed by atoms with Crippen molar-refractivity contribution in [2.45, 2.75) is 111 Å². The van der Waals surface area contributed by atoms with Gasteiger partial charge < -0.3 is 23.7 Å². The van der Waals surface area contributed by atoms with E-state index in [1.54, 1.807) is 92.9 Å². The lowest BCUT2D eigenvalue weighted by molar-refractivity contribution is -0.384. The first-order valence-electron chi connectivity index (χ1n) is 17.8. The van der Waals surface area contributed by atoms with Crippen molar-refractivity contribution in [2.75, 3.05) is 64.3 Å². The quantitative estimate of drug-likeness (QED) is 0.130. The Morgan fingerprint density at radius 3 is 1.41 bits per heavy atom. The van der Waals surface area contributed by atoms with Crippen LogP contribution in [0.4, 0.5) is 16.2 Å². The minimum Gasteiger partial charge on any atom is -0.459 e. The summed E-state index contributed by atoms with van der Waals surface area (Å²) in [6, 6.07) is 5.11. The summed E-state index contributed by atoms with van der Waals surface area (Å²) >= 11 is 0. The smallest absolute Gasteiger partial charge is 0.411 e. The van der Waals surface area contributed by atoms with Crippen LogP contribution < -0.4 is 5.32 Å². The van der Waals surface area contributed by atoms with Crippen LogP contribution in [0.2, 0.25) is 0 Å². The van der Waals surface area contributed by atoms with Crippen LogP contribution in [0.25, 0.3) is 0 Å². The van der Waals surface area contributed by atoms with E-state index in [2.05, 4.69) is 5.32 Å². The molecule has 0 bridgehead atoms. The number of nitro benzene ring substituents is 1. The highest BCUT2D eigenvalue weighted by Gasteiger charge is 2.46. The largest absolute Gasteiger partial charge is 0.459 e. The maximum atomic E-state index is 13.5. The Hall–Kier alpha value is -4.35. The van der Waals surface area contributed by atoms with Gasteiger partial charge in [0.25, 0.3) is 5.69 Å². The van der Waals surface area contributed by atoms with Crippen molar-refractivity contribution in [3.05, 3.63) is 34.4 Å². The van der Waals surface area contributed by atoms with Gasteiger partial charge in [-0.25, -0.2) is 4.79 Å². The van der Waals surface area contributed by atoms with Crippen LogP contribution in [0.15, 0.2) is 24.3 Å². The highest BCUT2D eigenvalue weighted by atomic mass is 16.6. The molecular weight excluding hydrogens is 706 g/mol. The summed E-state index contributed by atoms with van der Waals surface area (Å²) in [4.78, 5) is 82.3. The minimum atomic E-state index is -1.47. The second kappa shape index (κ2) is 18.3. The Balaban J connectivity index is 2.69. The Bertz CT molecular complexity index is 1420. The maximum Gasteiger partial charge on any atom is 0.411 e. The molecule has 1 amide bonds. The number of carbonyl (C=O) groups excluding carboxylic acids is 5. The van der Waals surface area contributed by atoms with Crippen LogP contribution >= 0.6 is 0 Å². The molecule has 1 aliphatic heterocycles. The molecule has 1 saturated heterocycles. The van der Waals surface area contributed by atoms with Crippen LogP contribution in [0.3, 0.4) is 0 Å². The van der Waals surface area contributed by atoms with Crippen LogP contribution in [-0.4, -0.2) is 137 Å². The monoisotopic (exact) mass is 765 g/mol. The van der Waals surface area contributed by atoms with Gasteiger partial charge in [-0.1, -0.05) is 0 Å². The van der Waals surface area contributed by atoms with E-state index in [-0.39, 0.29) is 50.6 Å². The Labute approximate surface area is 318 Å². The van der Waals surface area contributed by atoms with E-state index in [0.29, 0.717) is 0 Å². The molecule has 0 atom stereocenters. The number of rotatable bonds is 13. The van der Waals surface area contributed by atoms with Gasteiger partial charge in [-0.05, 0) is 95.2 Å². The zero-order valence-electron chi connectivity index (χ0n) is 33.9. The summed E-state index contributed by atoms with van der Waals surface area (Å²) < 4.78 is 28.4. The fourth-order valence-electron chi connectivity index (χ4n) is 5.56. The minimum absolute atomic E-state index is 0.0481. The SMILES string of the molecule is CC(C)(C)OC(=O)CN1CCN(CC(=O)OC(C)(C)C)CC(COC(=O)Nc2ccc([N+](=O)[O-])cc2)(N(CC(=O)OC(C)(C)C)CC(=O)OC(C)(C)C)C1. The zero-order valence-corrected chi connectivity index (χ0v) is 33.9. The number of amides is 1. The summed E-state index contributed by atoms with van der Waals surface area (Å²) in [6.45, 7) is 19.2. The molecule has 0 aliphatic carbocycles. The van der Waals surface area contributed by atoms with E-state index >= 15 is 0 Å². The molecule has 2 rings (SSSR count). The number of benzene rings is 1. The first kappa shape index (κ1) is 45.8. The van der Waals surface area contributed by atoms with Gasteiger partial charge in [0.1, 0.15) is 29.0 Å². The number of nitro groups is 1. The van der Waals surface area contributed by atoms with E-state index in [4.69, 9.17) is 23.7 Å². The summed E-state index contributed by atoms with van der Waals surface area (Å²) in [5.74, 6) is -2.47. The number of non-ortho nitro benzene ring substituents is 1. The number of carbonyl (C=O) groups is 5. The van der Waals surface area contributed by atoms with Gasteiger partial charge in [-0.15, -0.1) is 0 Å². The standard InChI is InChI=1S/C37H59N5O12/c1-33(2,3)51-28(43)19-39-17-18-40(20-29(44)52-34(4,5)6)24-37(23-39,25-50-32(47)38-26-13-15-27(16-14-26)42(48)49)41(21-30(45)53-35(7,8)9)22-31(46)54-36(10,11)12/h13-16H,17-25H2,1-12H3,(H,38,47). The number of nitrogens with one attached hydrogen (secondary N) is 1. The second-order valence-corrected chi connectivity index (χ2v) is 17.4. The highest BCUT2D eigenvalue weighted by Crippen LogP contribution is 2.26. The fraction of sp³-hybridized carbons (Fsp3) is 0.703. The van der Waals surface area contributed by atoms with Gasteiger partial charge in [0, 0.05) is 44.0 Å². The van der Waals surface area contributed by atoms with Gasteiger partial charge in [-0.3, -0.25) is 49.3 Å². The lowest BCUT2D eigenvalue weighted by atomic mass is 9.95. The van der Waals surface area contributed by atoms with Crippen LogP contribution in [0.1, 0.15) is 83.1 Å². The molecule has 0 radical (unpaired) electrons. The van der Waals surface area contributed by atoms with Crippen LogP contribution in [-0.2, 0) is 42.9 Å². The summed E-state index contributed by atoms with van der Waals surface area (Å²) in [7, 11) is 0. The molecule has 17 nitrogen and oxygen atoms in total. The first-order valence-corrected chi connectivity index (χ1v) is 17.8. The van der Waals surface area contributed by atoms with Gasteiger partial charge >= 0.3 is 30.0 Å². The van der Waals surface area contributed by atoms with Gasteiger partial charge in [0.15, 0.2) is 0 Å². The fourth-order valence-corrected chi connectivity index (χ4v) is 5.56. The number of nitrogens with zero attached hydrogens (tertiary/aromatic N) is 4. The molecule has 1 N–H and O–H groups in total. The van der Waals surface area contributed by atoms with Crippen molar-refractivity contribution in [3.8, 4) is 0 Å². The molecular formula is C37H59N5O12. The van der Waals surface area contributed by atoms with E-state index < -0.39 is 82.5 Å². The lowest BCUT2D eigenvalue weighted by Gasteiger charge is -2.45. The normalized spacial score (nSPS) is 15.8. The average Bonchev–Trinajstić information content (AvgIpc) is 3.11. The topological polar surface area (TPSA) is 196 Å². The van der Waals surface area contributed by atoms with Crippen molar-refractivity contribution in [3.63, 3.8) is 0 Å². The molecule has 0 aromatic heterocycles. The maximum absolute atomic E-state index is 13.5. The Kier molecular flexibility index (Phi) is 15.5. The molecule has 0 unspecified atom stereocenters. The van der Waals surface area contributed by atoms with Crippen molar-refractivity contribution < 1.29 is 52.6 Å². The molecule has 1 aromatic rings. The first-order chi connectivity index (χ1) is 24.5. The molecule has 1 aliphatic rings. The molecule has 1 heterocycles. The lowest BCUT2D eigenvalue weighted by Crippen LogP contribution is -2.65. The Morgan fingerprint density at radius 1 is 0.685 bits per heavy atom. The summed E-state index contributed by atoms with van der Waals surface area (Å²) in [5.41, 5.74) is -4.81. The van der Waals surface area contributed by atoms with Crippen molar-refractivity contribution >= 4 is 41.3 Å². The van der Waals surface area contributed by atoms with E-state index in [1.165, 1.54) is 29.2 Å². The van der Waals surface area contributed by atoms with Crippen molar-refractivity contribution in [2.24, 2.45) is 0 Å². The number of anilines is 1. The number of ether oxygens (including phenoxy) is 5. The van der Waals surface area contributed by atoms with Gasteiger partial charge in [0.05, 0.1) is 36.6 Å². The van der Waals surface area contributed by atoms with E-state index in [1.807, 2.05) is 0 Å².